The highest BCUT2D eigenvalue weighted by Crippen LogP contribution is 2.05. The second-order valence-corrected chi connectivity index (χ2v) is 4.40. The highest BCUT2D eigenvalue weighted by atomic mass is 28.3. The average Bonchev–Trinajstić information content (AvgIpc) is 2.88. The molecule has 79 valence electrons. The molecule has 0 aromatic heterocycles. The Labute approximate surface area is 81.7 Å². The first-order chi connectivity index (χ1) is 6.24. The van der Waals surface area contributed by atoms with Gasteiger partial charge in [-0.2, -0.15) is 0 Å². The zero-order chi connectivity index (χ0) is 10.1. The summed E-state index contributed by atoms with van der Waals surface area (Å²) in [6.45, 7) is 8.22. The molecule has 0 saturated carbocycles. The third kappa shape index (κ3) is 9.97. The Kier molecular flexibility index (Phi) is 8.68. The maximum Gasteiger partial charge on any atom is 0.318 e. The molecule has 5 heteroatoms. The van der Waals surface area contributed by atoms with Crippen LogP contribution < -0.4 is 0 Å². The predicted octanol–water partition coefficient (Wildman–Crippen LogP) is 0.725. The molecule has 0 aliphatic carbocycles. The maximum atomic E-state index is 9.57. The highest BCUT2D eigenvalue weighted by molar-refractivity contribution is 6.42. The van der Waals surface area contributed by atoms with Crippen molar-refractivity contribution in [3.63, 3.8) is 0 Å². The average molecular weight is 207 g/mol. The van der Waals surface area contributed by atoms with Gasteiger partial charge in [-0.1, -0.05) is 0 Å². The summed E-state index contributed by atoms with van der Waals surface area (Å²) in [5.74, 6) is 0. The van der Waals surface area contributed by atoms with Gasteiger partial charge in [-0.15, -0.1) is 0 Å². The van der Waals surface area contributed by atoms with Crippen LogP contribution in [0, 0.1) is 0 Å². The van der Waals surface area contributed by atoms with Crippen molar-refractivity contribution < 1.29 is 18.7 Å². The Morgan fingerprint density at radius 3 is 2.00 bits per heavy atom. The monoisotopic (exact) mass is 207 g/mol. The van der Waals surface area contributed by atoms with E-state index in [0.29, 0.717) is 6.61 Å². The maximum absolute atomic E-state index is 9.57. The van der Waals surface area contributed by atoms with E-state index < -0.39 is 9.28 Å². The fourth-order valence-electron chi connectivity index (χ4n) is 0.682. The summed E-state index contributed by atoms with van der Waals surface area (Å²) in [6.07, 6.45) is 0.0787. The number of hydrogen-bond donors (Lipinski definition) is 0. The summed E-state index contributed by atoms with van der Waals surface area (Å²) >= 11 is 0. The lowest BCUT2D eigenvalue weighted by molar-refractivity contribution is 0.164. The van der Waals surface area contributed by atoms with Crippen molar-refractivity contribution in [3.05, 3.63) is 0 Å². The lowest BCUT2D eigenvalue weighted by atomic mass is 10.5. The molecule has 1 radical (unpaired) electrons. The van der Waals surface area contributed by atoms with Gasteiger partial charge in [0.05, 0.1) is 6.61 Å². The minimum Gasteiger partial charge on any atom is -0.397 e. The Balaban J connectivity index is 0.000000243. The minimum atomic E-state index is -1.20. The van der Waals surface area contributed by atoms with E-state index in [2.05, 4.69) is 4.74 Å². The molecule has 0 aromatic rings. The summed E-state index contributed by atoms with van der Waals surface area (Å²) in [6, 6.07) is 0. The van der Waals surface area contributed by atoms with E-state index in [9.17, 15) is 5.11 Å². The van der Waals surface area contributed by atoms with Gasteiger partial charge in [0.15, 0.2) is 0 Å². The molecule has 1 rings (SSSR count). The number of epoxide rings is 1. The molecule has 0 N–H and O–H groups in total. The lowest BCUT2D eigenvalue weighted by Crippen LogP contribution is -2.17. The van der Waals surface area contributed by atoms with Crippen LogP contribution in [-0.4, -0.2) is 41.8 Å². The van der Waals surface area contributed by atoms with E-state index in [-0.39, 0.29) is 12.7 Å². The molecule has 1 aliphatic heterocycles. The Hall–Kier alpha value is 0.0569. The Morgan fingerprint density at radius 2 is 1.85 bits per heavy atom. The van der Waals surface area contributed by atoms with Crippen LogP contribution in [-0.2, 0) is 18.7 Å². The standard InChI is InChI=1S/C5H14O2Si.C3H5O2/c1-4-6-8(3)7-5-2;4-1-3-2-5-3/h8H,4-5H2,1-3H3;3H,1-2H2. The molecular formula is C8H19O4Si. The van der Waals surface area contributed by atoms with Gasteiger partial charge in [-0.25, -0.2) is 5.11 Å². The summed E-state index contributed by atoms with van der Waals surface area (Å²) in [7, 11) is -1.20. The lowest BCUT2D eigenvalue weighted by Gasteiger charge is -2.07. The van der Waals surface area contributed by atoms with Crippen LogP contribution in [0.15, 0.2) is 0 Å². The summed E-state index contributed by atoms with van der Waals surface area (Å²) < 4.78 is 14.9. The van der Waals surface area contributed by atoms with Crippen LogP contribution in [0.2, 0.25) is 6.55 Å². The molecular weight excluding hydrogens is 188 g/mol. The largest absolute Gasteiger partial charge is 0.397 e. The van der Waals surface area contributed by atoms with Gasteiger partial charge in [0.1, 0.15) is 12.7 Å². The van der Waals surface area contributed by atoms with Crippen molar-refractivity contribution in [2.75, 3.05) is 26.4 Å². The topological polar surface area (TPSA) is 50.9 Å². The molecule has 1 saturated heterocycles. The first-order valence-electron chi connectivity index (χ1n) is 4.67. The van der Waals surface area contributed by atoms with Gasteiger partial charge in [0.2, 0.25) is 0 Å². The molecule has 13 heavy (non-hydrogen) atoms. The fraction of sp³-hybridized carbons (Fsp3) is 1.00. The van der Waals surface area contributed by atoms with Crippen molar-refractivity contribution in [1.82, 2.24) is 0 Å². The predicted molar refractivity (Wildman–Crippen MR) is 51.6 cm³/mol. The molecule has 4 nitrogen and oxygen atoms in total. The van der Waals surface area contributed by atoms with Gasteiger partial charge >= 0.3 is 9.28 Å². The van der Waals surface area contributed by atoms with Gasteiger partial charge in [-0.3, -0.25) is 0 Å². The summed E-state index contributed by atoms with van der Waals surface area (Å²) in [5.41, 5.74) is 0. The SMILES string of the molecule is CCO[SiH](C)OCC.[O]CC1CO1. The Bertz CT molecular complexity index is 102. The summed E-state index contributed by atoms with van der Waals surface area (Å²) in [4.78, 5) is 0. The Morgan fingerprint density at radius 1 is 1.38 bits per heavy atom. The molecule has 1 fully saturated rings. The zero-order valence-corrected chi connectivity index (χ0v) is 9.77. The third-order valence-corrected chi connectivity index (χ3v) is 3.00. The van der Waals surface area contributed by atoms with E-state index in [1.807, 2.05) is 20.4 Å². The van der Waals surface area contributed by atoms with Crippen molar-refractivity contribution in [2.45, 2.75) is 26.5 Å². The molecule has 0 spiro atoms. The number of ether oxygens (including phenoxy) is 1. The van der Waals surface area contributed by atoms with Crippen molar-refractivity contribution >= 4 is 9.28 Å². The normalized spacial score (nSPS) is 19.6. The third-order valence-electron chi connectivity index (χ3n) is 1.39. The molecule has 0 aromatic carbocycles. The van der Waals surface area contributed by atoms with E-state index >= 15 is 0 Å². The molecule has 1 aliphatic rings. The number of hydrogen-bond acceptors (Lipinski definition) is 3. The molecule has 0 bridgehead atoms. The van der Waals surface area contributed by atoms with Gasteiger partial charge in [-0.05, 0) is 20.4 Å². The quantitative estimate of drug-likeness (QED) is 0.493. The van der Waals surface area contributed by atoms with Crippen molar-refractivity contribution in [1.29, 1.82) is 0 Å². The molecule has 1 heterocycles. The van der Waals surface area contributed by atoms with Crippen molar-refractivity contribution in [2.24, 2.45) is 0 Å². The first-order valence-corrected chi connectivity index (χ1v) is 6.77. The molecule has 0 amide bonds. The summed E-state index contributed by atoms with van der Waals surface area (Å²) in [5, 5.41) is 9.57. The molecule has 1 unspecified atom stereocenters. The van der Waals surface area contributed by atoms with E-state index in [4.69, 9.17) is 8.85 Å². The van der Waals surface area contributed by atoms with Crippen LogP contribution in [0.5, 0.6) is 0 Å². The second-order valence-electron chi connectivity index (χ2n) is 2.60. The van der Waals surface area contributed by atoms with Crippen LogP contribution in [0.1, 0.15) is 13.8 Å². The van der Waals surface area contributed by atoms with E-state index in [1.165, 1.54) is 0 Å². The second kappa shape index (κ2) is 8.65. The zero-order valence-electron chi connectivity index (χ0n) is 8.62. The van der Waals surface area contributed by atoms with Crippen molar-refractivity contribution in [3.8, 4) is 0 Å². The number of rotatable bonds is 5. The molecule has 1 atom stereocenters. The fourth-order valence-corrected chi connectivity index (χ4v) is 1.72. The van der Waals surface area contributed by atoms with Crippen LogP contribution in [0.4, 0.5) is 0 Å². The van der Waals surface area contributed by atoms with Crippen LogP contribution in [0.25, 0.3) is 0 Å². The smallest absolute Gasteiger partial charge is 0.318 e. The van der Waals surface area contributed by atoms with Gasteiger partial charge in [0, 0.05) is 13.2 Å². The minimum absolute atomic E-state index is 0.0556. The van der Waals surface area contributed by atoms with Gasteiger partial charge < -0.3 is 13.6 Å². The van der Waals surface area contributed by atoms with Gasteiger partial charge in [0.25, 0.3) is 0 Å². The highest BCUT2D eigenvalue weighted by Gasteiger charge is 2.20. The van der Waals surface area contributed by atoms with E-state index in [0.717, 1.165) is 13.2 Å². The van der Waals surface area contributed by atoms with E-state index in [1.54, 1.807) is 0 Å². The van der Waals surface area contributed by atoms with Crippen LogP contribution >= 0.6 is 0 Å². The van der Waals surface area contributed by atoms with Crippen LogP contribution in [0.3, 0.4) is 0 Å². The first kappa shape index (κ1) is 13.1.